The van der Waals surface area contributed by atoms with Crippen LogP contribution in [0.3, 0.4) is 0 Å². The van der Waals surface area contributed by atoms with Gasteiger partial charge in [0.05, 0.1) is 36.5 Å². The molecule has 126 heavy (non-hydrogen) atoms. The standard InChI is InChI=1S/C28H28N2O2.C28H26N2O2.C23H18N2O.C23H23O2P.C5H9BrO2.CH4.BrH/c2*31-27(32)20-12-4-11-19-26-21-30(22-29-26)28(23-13-5-1-6-14-23,24-15-7-2-8-16-24)25-17-9-3-10-18-25;26-17-22-16-25(18-24-22)23(19-10-4-1-5-11-19,20-12-6-2-7-13-20)21-14-8-3-9-15-21;24-23(25)18-10-11-19-26(20-12-4-1-5-13-20,21-14-6-2-7-15-21)22-16-8-3-9-17-22;6-4-2-1-3-5(7)8;;/h1-3,5-10,13-18,21-22H,4,11-12,19-20H2,(H,31,32);1-3,5-11,13-19,21-22H,4,12,20H2,(H,31,32);1-18H;1-9,12-17H,10-11,18-19H2;1-4H2,(H,7,8);1H4;1H/b;19-11+;;;;;. The minimum absolute atomic E-state index is 0. The molecular formula is C108H109Br2N6O9P. The molecular weight excluding hydrogens is 1720 g/mol. The van der Waals surface area contributed by atoms with Gasteiger partial charge in [0.25, 0.3) is 0 Å². The van der Waals surface area contributed by atoms with E-state index in [-0.39, 0.29) is 43.7 Å². The number of aliphatic carboxylic acids is 4. The third-order valence-corrected chi connectivity index (χ3v) is 26.8. The molecule has 15 rings (SSSR count). The predicted molar refractivity (Wildman–Crippen MR) is 510 cm³/mol. The van der Waals surface area contributed by atoms with Crippen LogP contribution in [0, 0.1) is 0 Å². The van der Waals surface area contributed by atoms with Crippen molar-refractivity contribution in [3.63, 3.8) is 0 Å². The molecule has 15 nitrogen and oxygen atoms in total. The molecule has 0 amide bonds. The van der Waals surface area contributed by atoms with Crippen LogP contribution in [0.5, 0.6) is 0 Å². The van der Waals surface area contributed by atoms with Crippen molar-refractivity contribution in [2.45, 2.75) is 114 Å². The van der Waals surface area contributed by atoms with Crippen molar-refractivity contribution >= 4 is 75.3 Å². The highest BCUT2D eigenvalue weighted by atomic mass is 79.9. The first-order chi connectivity index (χ1) is 60.8. The smallest absolute Gasteiger partial charge is 0.303 e. The topological polar surface area (TPSA) is 220 Å². The molecule has 0 radical (unpaired) electrons. The summed E-state index contributed by atoms with van der Waals surface area (Å²) in [6, 6.07) is 126. The summed E-state index contributed by atoms with van der Waals surface area (Å²) in [5.74, 6) is -2.91. The maximum atomic E-state index is 11.3. The van der Waals surface area contributed by atoms with Gasteiger partial charge in [-0.3, -0.25) is 24.0 Å². The third kappa shape index (κ3) is 25.1. The second-order valence-corrected chi connectivity index (χ2v) is 34.2. The number of rotatable bonds is 36. The number of imidazole rings is 3. The molecule has 0 saturated heterocycles. The Kier molecular flexibility index (Phi) is 38.9. The summed E-state index contributed by atoms with van der Waals surface area (Å²) in [5, 5.41) is 39.7. The molecule has 0 bridgehead atoms. The number of carboxylic acids is 4. The molecule has 3 aromatic heterocycles. The first-order valence-electron chi connectivity index (χ1n) is 42.0. The van der Waals surface area contributed by atoms with Gasteiger partial charge in [-0.1, -0.05) is 363 Å². The molecule has 12 aromatic carbocycles. The summed E-state index contributed by atoms with van der Waals surface area (Å²) in [4.78, 5) is 67.2. The van der Waals surface area contributed by atoms with Crippen LogP contribution in [0.4, 0.5) is 0 Å². The summed E-state index contributed by atoms with van der Waals surface area (Å²) in [6.45, 7) is 0. The van der Waals surface area contributed by atoms with Crippen LogP contribution in [0.2, 0.25) is 0 Å². The van der Waals surface area contributed by atoms with Gasteiger partial charge >= 0.3 is 23.9 Å². The van der Waals surface area contributed by atoms with Crippen molar-refractivity contribution in [1.29, 1.82) is 0 Å². The van der Waals surface area contributed by atoms with E-state index in [1.54, 1.807) is 12.5 Å². The van der Waals surface area contributed by atoms with Crippen LogP contribution in [-0.2, 0) is 42.2 Å². The zero-order valence-electron chi connectivity index (χ0n) is 69.9. The van der Waals surface area contributed by atoms with Crippen LogP contribution >= 0.6 is 23.2 Å². The van der Waals surface area contributed by atoms with Crippen molar-refractivity contribution in [2.24, 2.45) is 0 Å². The Bertz CT molecular complexity index is 5300. The highest BCUT2D eigenvalue weighted by molar-refractivity contribution is 9.09. The summed E-state index contributed by atoms with van der Waals surface area (Å²) < 4.78 is 6.42. The summed E-state index contributed by atoms with van der Waals surface area (Å²) >= 11 is 3.21. The first-order valence-corrected chi connectivity index (χ1v) is 45.1. The number of carboxylic acid groups (broad SMARTS) is 4. The average molecular weight is 1830 g/mol. The minimum Gasteiger partial charge on any atom is -1.00 e. The molecule has 15 aromatic rings. The molecule has 4 N–H and O–H groups in total. The molecule has 0 aliphatic carbocycles. The maximum absolute atomic E-state index is 11.3. The molecule has 18 heteroatoms. The van der Waals surface area contributed by atoms with Crippen LogP contribution in [0.25, 0.3) is 6.08 Å². The van der Waals surface area contributed by atoms with E-state index in [1.807, 2.05) is 120 Å². The Morgan fingerprint density at radius 3 is 0.857 bits per heavy atom. The van der Waals surface area contributed by atoms with Crippen LogP contribution in [0.15, 0.2) is 408 Å². The van der Waals surface area contributed by atoms with Crippen molar-refractivity contribution in [2.75, 3.05) is 11.5 Å². The lowest BCUT2D eigenvalue weighted by atomic mass is 9.77. The Morgan fingerprint density at radius 2 is 0.571 bits per heavy atom. The lowest BCUT2D eigenvalue weighted by molar-refractivity contribution is -0.138. The summed E-state index contributed by atoms with van der Waals surface area (Å²) in [7, 11) is -1.81. The summed E-state index contributed by atoms with van der Waals surface area (Å²) in [5.41, 5.74) is 10.8. The normalized spacial score (nSPS) is 11.1. The fourth-order valence-corrected chi connectivity index (χ4v) is 20.8. The number of carbonyl (C=O) groups is 5. The number of hydrogen-bond donors (Lipinski definition) is 4. The Balaban J connectivity index is 0.000000184. The molecule has 0 saturated carbocycles. The van der Waals surface area contributed by atoms with Gasteiger partial charge < -0.3 is 51.1 Å². The monoisotopic (exact) mass is 1820 g/mol. The van der Waals surface area contributed by atoms with Gasteiger partial charge in [0, 0.05) is 49.6 Å². The number of aryl methyl sites for hydroxylation is 1. The predicted octanol–water partition coefficient (Wildman–Crippen LogP) is 19.9. The van der Waals surface area contributed by atoms with Crippen molar-refractivity contribution < 1.29 is 61.4 Å². The molecule has 644 valence electrons. The Morgan fingerprint density at radius 1 is 0.317 bits per heavy atom. The summed E-state index contributed by atoms with van der Waals surface area (Å²) in [6.07, 6.45) is 26.2. The van der Waals surface area contributed by atoms with Gasteiger partial charge in [-0.05, 0) is 150 Å². The van der Waals surface area contributed by atoms with Gasteiger partial charge in [0.1, 0.15) is 45.5 Å². The number of benzene rings is 12. The fraction of sp³-hybridized carbons (Fsp3) is 0.185. The molecule has 0 aliphatic heterocycles. The Hall–Kier alpha value is -13.1. The second kappa shape index (κ2) is 50.6. The minimum atomic E-state index is -1.81. The number of carbonyl (C=O) groups excluding carboxylic acids is 1. The zero-order chi connectivity index (χ0) is 86.9. The highest BCUT2D eigenvalue weighted by Crippen LogP contribution is 2.56. The number of hydrogen-bond acceptors (Lipinski definition) is 8. The number of aromatic nitrogens is 6. The molecule has 3 heterocycles. The number of aldehydes is 1. The maximum Gasteiger partial charge on any atom is 0.303 e. The molecule has 0 unspecified atom stereocenters. The highest BCUT2D eigenvalue weighted by Gasteiger charge is 2.45. The first kappa shape index (κ1) is 96.8. The number of halogens is 2. The van der Waals surface area contributed by atoms with Gasteiger partial charge in [-0.25, -0.2) is 15.0 Å². The van der Waals surface area contributed by atoms with Gasteiger partial charge in [-0.2, -0.15) is 0 Å². The zero-order valence-corrected chi connectivity index (χ0v) is 73.9. The van der Waals surface area contributed by atoms with Crippen LogP contribution in [0.1, 0.15) is 163 Å². The molecule has 0 fully saturated rings. The molecule has 0 spiro atoms. The van der Waals surface area contributed by atoms with Gasteiger partial charge in [0.2, 0.25) is 0 Å². The number of nitrogens with zero attached hydrogens (tertiary/aromatic N) is 6. The largest absolute Gasteiger partial charge is 1.00 e. The number of alkyl halides is 1. The SMILES string of the molecule is C.O=C(O)CCC/C=C/c1cn(C(c2ccccc2)(c2ccccc2)c2ccccc2)cn1.O=C(O)CCCCBr.O=C(O)CCCCCc1cn(C(c2ccccc2)(c2ccccc2)c2ccccc2)cn1.O=C(O)CCCC[P+](c1ccccc1)(c1ccccc1)c1ccccc1.O=Cc1cn(C(c2ccccc2)(c2ccccc2)c2ccccc2)cn1.[Br-]. The van der Waals surface area contributed by atoms with Crippen molar-refractivity contribution in [1.82, 2.24) is 28.7 Å². The number of unbranched alkanes of at least 4 members (excludes halogenated alkanes) is 5. The average Bonchev–Trinajstić information content (AvgIpc) is 1.46. The fourth-order valence-electron chi connectivity index (χ4n) is 16.0. The second-order valence-electron chi connectivity index (χ2n) is 29.8. The van der Waals surface area contributed by atoms with E-state index in [4.69, 9.17) is 25.4 Å². The quantitative estimate of drug-likeness (QED) is 0.00947. The van der Waals surface area contributed by atoms with E-state index in [0.29, 0.717) is 37.8 Å². The van der Waals surface area contributed by atoms with Gasteiger partial charge in [0.15, 0.2) is 6.29 Å². The van der Waals surface area contributed by atoms with E-state index in [1.165, 1.54) is 32.6 Å². The Labute approximate surface area is 760 Å². The number of allylic oxidation sites excluding steroid dienone is 1. The van der Waals surface area contributed by atoms with E-state index in [2.05, 4.69) is 320 Å². The van der Waals surface area contributed by atoms with Crippen LogP contribution < -0.4 is 32.9 Å². The third-order valence-electron chi connectivity index (χ3n) is 21.7. The van der Waals surface area contributed by atoms with Crippen molar-refractivity contribution in [3.8, 4) is 0 Å². The van der Waals surface area contributed by atoms with Crippen molar-refractivity contribution in [3.05, 3.63) is 475 Å². The van der Waals surface area contributed by atoms with E-state index in [0.717, 1.165) is 101 Å². The van der Waals surface area contributed by atoms with Crippen LogP contribution in [-0.4, -0.2) is 90.7 Å². The lowest BCUT2D eigenvalue weighted by Gasteiger charge is -2.37. The van der Waals surface area contributed by atoms with E-state index < -0.39 is 47.8 Å². The van der Waals surface area contributed by atoms with E-state index >= 15 is 0 Å². The lowest BCUT2D eigenvalue weighted by Crippen LogP contribution is -3.00. The molecule has 0 atom stereocenters. The van der Waals surface area contributed by atoms with E-state index in [9.17, 15) is 24.0 Å². The van der Waals surface area contributed by atoms with Gasteiger partial charge in [-0.15, -0.1) is 0 Å². The molecule has 0 aliphatic rings.